The Balaban J connectivity index is 1.47. The smallest absolute Gasteiger partial charge is 0.251 e. The van der Waals surface area contributed by atoms with Gasteiger partial charge in [-0.1, -0.05) is 44.4 Å². The number of rotatable bonds is 6. The minimum atomic E-state index is -0.334. The summed E-state index contributed by atoms with van der Waals surface area (Å²) in [5.74, 6) is -0.442. The number of anilines is 1. The van der Waals surface area contributed by atoms with Gasteiger partial charge in [-0.25, -0.2) is 5.01 Å². The van der Waals surface area contributed by atoms with Crippen molar-refractivity contribution in [3.8, 4) is 0 Å². The average molecular weight is 410 g/mol. The number of hydrazine groups is 1. The van der Waals surface area contributed by atoms with E-state index in [1.54, 1.807) is 24.3 Å². The van der Waals surface area contributed by atoms with Crippen LogP contribution in [0.2, 0.25) is 0 Å². The molecule has 1 aromatic carbocycles. The fourth-order valence-corrected chi connectivity index (χ4v) is 5.06. The van der Waals surface area contributed by atoms with Crippen molar-refractivity contribution in [2.45, 2.75) is 64.3 Å². The SMILES string of the molecule is CCCCC1CCCC1NC(=O)c1cccc(N2NC(=O)C3CC=CCC3C2=O)c1. The van der Waals surface area contributed by atoms with E-state index in [1.165, 1.54) is 24.3 Å². The molecule has 6 heteroatoms. The van der Waals surface area contributed by atoms with Gasteiger partial charge in [-0.05, 0) is 56.2 Å². The van der Waals surface area contributed by atoms with E-state index in [2.05, 4.69) is 17.7 Å². The maximum atomic E-state index is 13.0. The lowest BCUT2D eigenvalue weighted by molar-refractivity contribution is -0.139. The number of benzene rings is 1. The summed E-state index contributed by atoms with van der Waals surface area (Å²) in [5.41, 5.74) is 3.78. The van der Waals surface area contributed by atoms with E-state index >= 15 is 0 Å². The van der Waals surface area contributed by atoms with Crippen molar-refractivity contribution >= 4 is 23.4 Å². The molecule has 1 saturated carbocycles. The Morgan fingerprint density at radius 1 is 1.17 bits per heavy atom. The molecule has 4 rings (SSSR count). The highest BCUT2D eigenvalue weighted by Crippen LogP contribution is 2.33. The molecule has 2 N–H and O–H groups in total. The predicted molar refractivity (Wildman–Crippen MR) is 116 cm³/mol. The van der Waals surface area contributed by atoms with Crippen LogP contribution in [0.25, 0.3) is 0 Å². The second-order valence-electron chi connectivity index (χ2n) is 8.77. The van der Waals surface area contributed by atoms with Crippen LogP contribution < -0.4 is 15.8 Å². The number of carbonyl (C=O) groups is 3. The van der Waals surface area contributed by atoms with Gasteiger partial charge in [-0.15, -0.1) is 0 Å². The summed E-state index contributed by atoms with van der Waals surface area (Å²) in [6.07, 6.45) is 12.0. The van der Waals surface area contributed by atoms with Gasteiger partial charge in [0, 0.05) is 11.6 Å². The van der Waals surface area contributed by atoms with Crippen molar-refractivity contribution in [1.82, 2.24) is 10.7 Å². The number of unbranched alkanes of at least 4 members (excludes halogenated alkanes) is 1. The predicted octanol–water partition coefficient (Wildman–Crippen LogP) is 3.74. The first-order chi connectivity index (χ1) is 14.6. The molecule has 0 aromatic heterocycles. The molecular formula is C24H31N3O3. The van der Waals surface area contributed by atoms with Gasteiger partial charge in [-0.2, -0.15) is 0 Å². The highest BCUT2D eigenvalue weighted by atomic mass is 16.2. The minimum Gasteiger partial charge on any atom is -0.349 e. The molecule has 2 aliphatic carbocycles. The summed E-state index contributed by atoms with van der Waals surface area (Å²) in [6, 6.07) is 7.20. The van der Waals surface area contributed by atoms with Gasteiger partial charge in [0.2, 0.25) is 11.8 Å². The molecule has 3 aliphatic rings. The van der Waals surface area contributed by atoms with Crippen LogP contribution in [0.5, 0.6) is 0 Å². The molecule has 1 aromatic rings. The highest BCUT2D eigenvalue weighted by Gasteiger charge is 2.42. The van der Waals surface area contributed by atoms with Crippen LogP contribution >= 0.6 is 0 Å². The van der Waals surface area contributed by atoms with E-state index in [0.717, 1.165) is 19.3 Å². The van der Waals surface area contributed by atoms with E-state index < -0.39 is 0 Å². The number of hydrogen-bond donors (Lipinski definition) is 2. The molecule has 6 nitrogen and oxygen atoms in total. The van der Waals surface area contributed by atoms with Crippen LogP contribution in [0.15, 0.2) is 36.4 Å². The first-order valence-corrected chi connectivity index (χ1v) is 11.3. The van der Waals surface area contributed by atoms with Gasteiger partial charge in [-0.3, -0.25) is 19.8 Å². The van der Waals surface area contributed by atoms with Gasteiger partial charge in [0.1, 0.15) is 0 Å². The maximum Gasteiger partial charge on any atom is 0.251 e. The number of fused-ring (bicyclic) bond motifs is 1. The summed E-state index contributed by atoms with van der Waals surface area (Å²) >= 11 is 0. The number of amides is 3. The zero-order valence-corrected chi connectivity index (χ0v) is 17.6. The fraction of sp³-hybridized carbons (Fsp3) is 0.542. The highest BCUT2D eigenvalue weighted by molar-refractivity contribution is 6.05. The Labute approximate surface area is 178 Å². The van der Waals surface area contributed by atoms with Crippen LogP contribution in [0, 0.1) is 17.8 Å². The van der Waals surface area contributed by atoms with Crippen LogP contribution in [0.4, 0.5) is 5.69 Å². The number of allylic oxidation sites excluding steroid dienone is 2. The summed E-state index contributed by atoms with van der Waals surface area (Å²) < 4.78 is 0. The molecule has 3 amide bonds. The first kappa shape index (κ1) is 20.6. The van der Waals surface area contributed by atoms with E-state index in [-0.39, 0.29) is 35.6 Å². The Kier molecular flexibility index (Phi) is 6.21. The number of carbonyl (C=O) groups excluding carboxylic acids is 3. The van der Waals surface area contributed by atoms with Gasteiger partial charge in [0.15, 0.2) is 0 Å². The monoisotopic (exact) mass is 409 g/mol. The zero-order valence-electron chi connectivity index (χ0n) is 17.6. The van der Waals surface area contributed by atoms with Crippen molar-refractivity contribution in [2.24, 2.45) is 17.8 Å². The Hall–Kier alpha value is -2.63. The summed E-state index contributed by atoms with van der Waals surface area (Å²) in [6.45, 7) is 2.19. The first-order valence-electron chi connectivity index (χ1n) is 11.3. The van der Waals surface area contributed by atoms with E-state index in [9.17, 15) is 14.4 Å². The van der Waals surface area contributed by atoms with E-state index in [0.29, 0.717) is 30.0 Å². The average Bonchev–Trinajstić information content (AvgIpc) is 3.21. The van der Waals surface area contributed by atoms with Crippen molar-refractivity contribution in [1.29, 1.82) is 0 Å². The molecule has 30 heavy (non-hydrogen) atoms. The summed E-state index contributed by atoms with van der Waals surface area (Å²) in [4.78, 5) is 38.4. The van der Waals surface area contributed by atoms with Crippen LogP contribution in [0.3, 0.4) is 0 Å². The Morgan fingerprint density at radius 3 is 2.77 bits per heavy atom. The van der Waals surface area contributed by atoms with E-state index in [4.69, 9.17) is 0 Å². The number of hydrogen-bond acceptors (Lipinski definition) is 3. The van der Waals surface area contributed by atoms with Crippen LogP contribution in [-0.2, 0) is 9.59 Å². The van der Waals surface area contributed by atoms with Crippen LogP contribution in [-0.4, -0.2) is 23.8 Å². The zero-order chi connectivity index (χ0) is 21.1. The third-order valence-electron chi connectivity index (χ3n) is 6.80. The summed E-state index contributed by atoms with van der Waals surface area (Å²) in [7, 11) is 0. The molecule has 0 spiro atoms. The van der Waals surface area contributed by atoms with Crippen molar-refractivity contribution in [3.63, 3.8) is 0 Å². The standard InChI is InChI=1S/C24H31N3O3/c1-2-3-8-16-9-7-14-21(16)25-22(28)17-10-6-11-18(15-17)27-24(30)20-13-5-4-12-19(20)23(29)26-27/h4-6,10-11,15-16,19-21H,2-3,7-9,12-14H2,1H3,(H,25,28)(H,26,29). The third-order valence-corrected chi connectivity index (χ3v) is 6.80. The Morgan fingerprint density at radius 2 is 1.97 bits per heavy atom. The molecule has 1 saturated heterocycles. The van der Waals surface area contributed by atoms with Gasteiger partial charge in [0.25, 0.3) is 5.91 Å². The summed E-state index contributed by atoms with van der Waals surface area (Å²) in [5, 5.41) is 4.53. The molecular weight excluding hydrogens is 378 g/mol. The normalized spacial score (nSPS) is 28.2. The topological polar surface area (TPSA) is 78.5 Å². The lowest BCUT2D eigenvalue weighted by atomic mass is 9.80. The van der Waals surface area contributed by atoms with Gasteiger partial charge < -0.3 is 5.32 Å². The Bertz CT molecular complexity index is 850. The lowest BCUT2D eigenvalue weighted by Crippen LogP contribution is -2.59. The van der Waals surface area contributed by atoms with Gasteiger partial charge >= 0.3 is 0 Å². The number of nitrogens with zero attached hydrogens (tertiary/aromatic N) is 1. The second kappa shape index (κ2) is 9.02. The molecule has 1 heterocycles. The molecule has 160 valence electrons. The molecule has 1 aliphatic heterocycles. The molecule has 2 fully saturated rings. The second-order valence-corrected chi connectivity index (χ2v) is 8.77. The van der Waals surface area contributed by atoms with Crippen molar-refractivity contribution in [2.75, 3.05) is 5.01 Å². The van der Waals surface area contributed by atoms with Crippen molar-refractivity contribution < 1.29 is 14.4 Å². The third kappa shape index (κ3) is 4.13. The van der Waals surface area contributed by atoms with Crippen LogP contribution in [0.1, 0.15) is 68.6 Å². The van der Waals surface area contributed by atoms with E-state index in [1.807, 2.05) is 12.2 Å². The quantitative estimate of drug-likeness (QED) is 0.703. The minimum absolute atomic E-state index is 0.112. The largest absolute Gasteiger partial charge is 0.349 e. The maximum absolute atomic E-state index is 13.0. The van der Waals surface area contributed by atoms with Crippen molar-refractivity contribution in [3.05, 3.63) is 42.0 Å². The number of nitrogens with one attached hydrogen (secondary N) is 2. The molecule has 0 radical (unpaired) electrons. The van der Waals surface area contributed by atoms with Gasteiger partial charge in [0.05, 0.1) is 17.5 Å². The lowest BCUT2D eigenvalue weighted by Gasteiger charge is -2.38. The molecule has 4 atom stereocenters. The fourth-order valence-electron chi connectivity index (χ4n) is 5.06. The molecule has 0 bridgehead atoms. The molecule has 4 unspecified atom stereocenters.